The van der Waals surface area contributed by atoms with E-state index < -0.39 is 40.1 Å². The lowest BCUT2D eigenvalue weighted by Gasteiger charge is -2.28. The summed E-state index contributed by atoms with van der Waals surface area (Å²) in [6.45, 7) is 1.68. The molecule has 0 saturated heterocycles. The van der Waals surface area contributed by atoms with Gasteiger partial charge in [-0.3, -0.25) is 4.79 Å². The van der Waals surface area contributed by atoms with Gasteiger partial charge in [-0.2, -0.15) is 18.3 Å². The molecule has 0 fully saturated rings. The van der Waals surface area contributed by atoms with Gasteiger partial charge in [0.2, 0.25) is 0 Å². The Balaban J connectivity index is 1.83. The second-order valence-corrected chi connectivity index (χ2v) is 10.1. The van der Waals surface area contributed by atoms with Gasteiger partial charge in [-0.25, -0.2) is 19.5 Å². The normalized spacial score (nSPS) is 17.0. The van der Waals surface area contributed by atoms with Crippen molar-refractivity contribution in [2.75, 3.05) is 18.6 Å². The predicted octanol–water partition coefficient (Wildman–Crippen LogP) is 6.43. The number of carbonyl (C=O) groups excluding carboxylic acids is 3. The van der Waals surface area contributed by atoms with E-state index in [1.165, 1.54) is 18.2 Å². The van der Waals surface area contributed by atoms with Crippen molar-refractivity contribution in [2.45, 2.75) is 18.5 Å². The van der Waals surface area contributed by atoms with Crippen molar-refractivity contribution in [3.63, 3.8) is 0 Å². The number of esters is 1. The monoisotopic (exact) mass is 621 g/mol. The number of alkyl halides is 3. The van der Waals surface area contributed by atoms with Gasteiger partial charge in [-0.05, 0) is 48.9 Å². The van der Waals surface area contributed by atoms with Crippen molar-refractivity contribution >= 4 is 56.8 Å². The lowest BCUT2D eigenvalue weighted by atomic mass is 9.76. The van der Waals surface area contributed by atoms with Crippen LogP contribution in [0.4, 0.5) is 23.7 Å². The molecule has 1 heterocycles. The second kappa shape index (κ2) is 10.8. The Kier molecular flexibility index (Phi) is 7.85. The highest BCUT2D eigenvalue weighted by Crippen LogP contribution is 2.39. The predicted molar refractivity (Wildman–Crippen MR) is 143 cm³/mol. The van der Waals surface area contributed by atoms with E-state index in [2.05, 4.69) is 25.8 Å². The van der Waals surface area contributed by atoms with E-state index in [9.17, 15) is 27.6 Å². The van der Waals surface area contributed by atoms with Gasteiger partial charge in [-0.1, -0.05) is 63.9 Å². The first-order valence-electron chi connectivity index (χ1n) is 11.4. The molecule has 0 bridgehead atoms. The largest absolute Gasteiger partial charge is 0.462 e. The minimum absolute atomic E-state index is 0.0845. The molecule has 1 atom stereocenters. The van der Waals surface area contributed by atoms with Crippen LogP contribution in [0.5, 0.6) is 0 Å². The Bertz CT molecular complexity index is 1470. The molecule has 202 valence electrons. The molecule has 3 amide bonds. The number of hydrazone groups is 1. The zero-order chi connectivity index (χ0) is 28.5. The maximum absolute atomic E-state index is 13.8. The van der Waals surface area contributed by atoms with Crippen molar-refractivity contribution < 1.29 is 32.3 Å². The van der Waals surface area contributed by atoms with Crippen LogP contribution in [0, 0.1) is 0 Å². The highest BCUT2D eigenvalue weighted by molar-refractivity contribution is 9.10. The summed E-state index contributed by atoms with van der Waals surface area (Å²) in [6.07, 6.45) is -4.66. The molecular weight excluding hydrogens is 603 g/mol. The molecule has 1 aliphatic heterocycles. The molecule has 1 aliphatic rings. The molecule has 0 radical (unpaired) electrons. The molecule has 1 unspecified atom stereocenters. The molecule has 0 spiro atoms. The SMILES string of the molecule is COC(=O)C(=O)N(C(=O)N1CC(C)(c2ccccc2)C(c2ccc(C(F)(F)F)c(Cl)c2)=N1)c1ccc(Br)cc1. The maximum Gasteiger partial charge on any atom is 0.417 e. The van der Waals surface area contributed by atoms with Gasteiger partial charge in [0.1, 0.15) is 0 Å². The molecule has 0 aliphatic carbocycles. The van der Waals surface area contributed by atoms with Crippen molar-refractivity contribution in [1.29, 1.82) is 0 Å². The quantitative estimate of drug-likeness (QED) is 0.249. The summed E-state index contributed by atoms with van der Waals surface area (Å²) < 4.78 is 45.2. The van der Waals surface area contributed by atoms with Crippen LogP contribution >= 0.6 is 27.5 Å². The van der Waals surface area contributed by atoms with Gasteiger partial charge in [0.25, 0.3) is 0 Å². The fourth-order valence-electron chi connectivity index (χ4n) is 4.25. The summed E-state index contributed by atoms with van der Waals surface area (Å²) in [5.74, 6) is -2.51. The number of methoxy groups -OCH3 is 1. The van der Waals surface area contributed by atoms with Crippen LogP contribution in [0.3, 0.4) is 0 Å². The zero-order valence-electron chi connectivity index (χ0n) is 20.5. The number of rotatable bonds is 3. The molecular formula is C27H20BrClF3N3O4. The van der Waals surface area contributed by atoms with Gasteiger partial charge in [0, 0.05) is 10.0 Å². The number of halogens is 5. The summed E-state index contributed by atoms with van der Waals surface area (Å²) in [5, 5.41) is 4.93. The van der Waals surface area contributed by atoms with Crippen LogP contribution in [0.1, 0.15) is 23.6 Å². The Hall–Kier alpha value is -3.70. The second-order valence-electron chi connectivity index (χ2n) is 8.79. The van der Waals surface area contributed by atoms with Crippen molar-refractivity contribution in [1.82, 2.24) is 5.01 Å². The highest BCUT2D eigenvalue weighted by Gasteiger charge is 2.46. The van der Waals surface area contributed by atoms with Crippen LogP contribution in [0.15, 0.2) is 82.4 Å². The van der Waals surface area contributed by atoms with Crippen molar-refractivity contribution in [3.8, 4) is 0 Å². The minimum Gasteiger partial charge on any atom is -0.462 e. The molecule has 39 heavy (non-hydrogen) atoms. The van der Waals surface area contributed by atoms with Crippen LogP contribution in [0.2, 0.25) is 5.02 Å². The summed E-state index contributed by atoms with van der Waals surface area (Å²) in [6, 6.07) is 17.3. The van der Waals surface area contributed by atoms with E-state index in [1.54, 1.807) is 49.4 Å². The molecule has 3 aromatic rings. The lowest BCUT2D eigenvalue weighted by molar-refractivity contribution is -0.151. The zero-order valence-corrected chi connectivity index (χ0v) is 22.8. The van der Waals surface area contributed by atoms with E-state index in [-0.39, 0.29) is 23.5 Å². The fourth-order valence-corrected chi connectivity index (χ4v) is 4.80. The summed E-state index contributed by atoms with van der Waals surface area (Å²) in [4.78, 5) is 39.5. The lowest BCUT2D eigenvalue weighted by Crippen LogP contribution is -2.48. The molecule has 12 heteroatoms. The number of carbonyl (C=O) groups is 3. The average molecular weight is 623 g/mol. The summed E-state index contributed by atoms with van der Waals surface area (Å²) in [7, 11) is 1.01. The third kappa shape index (κ3) is 5.55. The van der Waals surface area contributed by atoms with E-state index in [0.29, 0.717) is 14.9 Å². The molecule has 0 N–H and O–H groups in total. The summed E-state index contributed by atoms with van der Waals surface area (Å²) in [5.41, 5.74) is -0.723. The Morgan fingerprint density at radius 2 is 1.69 bits per heavy atom. The van der Waals surface area contributed by atoms with Crippen LogP contribution < -0.4 is 4.90 Å². The van der Waals surface area contributed by atoms with E-state index in [0.717, 1.165) is 24.3 Å². The van der Waals surface area contributed by atoms with Crippen LogP contribution in [0.25, 0.3) is 0 Å². The van der Waals surface area contributed by atoms with Crippen LogP contribution in [-0.4, -0.2) is 42.3 Å². The third-order valence-corrected chi connectivity index (χ3v) is 7.07. The van der Waals surface area contributed by atoms with Gasteiger partial charge in [-0.15, -0.1) is 0 Å². The Morgan fingerprint density at radius 1 is 1.05 bits per heavy atom. The molecule has 4 rings (SSSR count). The number of nitrogens with zero attached hydrogens (tertiary/aromatic N) is 3. The van der Waals surface area contributed by atoms with E-state index in [4.69, 9.17) is 11.6 Å². The first-order chi connectivity index (χ1) is 18.4. The van der Waals surface area contributed by atoms with E-state index in [1.807, 2.05) is 0 Å². The third-order valence-electron chi connectivity index (χ3n) is 6.23. The van der Waals surface area contributed by atoms with Gasteiger partial charge < -0.3 is 4.74 Å². The maximum atomic E-state index is 13.8. The Labute approximate surface area is 234 Å². The van der Waals surface area contributed by atoms with Crippen LogP contribution in [-0.2, 0) is 25.9 Å². The number of hydrogen-bond donors (Lipinski definition) is 0. The first-order valence-corrected chi connectivity index (χ1v) is 12.5. The first kappa shape index (κ1) is 28.3. The van der Waals surface area contributed by atoms with Gasteiger partial charge in [0.15, 0.2) is 0 Å². The minimum atomic E-state index is -4.66. The highest BCUT2D eigenvalue weighted by atomic mass is 79.9. The fraction of sp³-hybridized carbons (Fsp3) is 0.185. The number of anilines is 1. The number of ether oxygens (including phenoxy) is 1. The molecule has 0 aromatic heterocycles. The van der Waals surface area contributed by atoms with Crippen molar-refractivity contribution in [2.24, 2.45) is 5.10 Å². The smallest absolute Gasteiger partial charge is 0.417 e. The number of amides is 3. The number of hydrogen-bond acceptors (Lipinski definition) is 5. The van der Waals surface area contributed by atoms with Gasteiger partial charge in [0.05, 0.1) is 41.1 Å². The topological polar surface area (TPSA) is 79.3 Å². The number of benzene rings is 3. The number of urea groups is 1. The molecule has 0 saturated carbocycles. The number of imide groups is 1. The summed E-state index contributed by atoms with van der Waals surface area (Å²) >= 11 is 9.28. The van der Waals surface area contributed by atoms with Crippen molar-refractivity contribution in [3.05, 3.63) is 99.0 Å². The standard InChI is InChI=1S/C27H20BrClF3N3O4/c1-26(17-6-4-3-5-7-17)15-34(33-22(26)16-8-13-20(21(29)14-16)27(30,31)32)25(38)35(23(36)24(37)39-2)19-11-9-18(28)10-12-19/h3-14H,15H2,1-2H3. The Morgan fingerprint density at radius 3 is 2.26 bits per heavy atom. The van der Waals surface area contributed by atoms with E-state index >= 15 is 0 Å². The van der Waals surface area contributed by atoms with Gasteiger partial charge >= 0.3 is 24.1 Å². The average Bonchev–Trinajstić information content (AvgIpc) is 3.27. The molecule has 3 aromatic carbocycles. The molecule has 7 nitrogen and oxygen atoms in total.